The summed E-state index contributed by atoms with van der Waals surface area (Å²) in [5.41, 5.74) is 2.51. The fourth-order valence-electron chi connectivity index (χ4n) is 2.85. The molecule has 116 valence electrons. The first kappa shape index (κ1) is 15.8. The topological polar surface area (TPSA) is 43.8 Å². The molecule has 0 bridgehead atoms. The van der Waals surface area contributed by atoms with Gasteiger partial charge in [0.1, 0.15) is 0 Å². The quantitative estimate of drug-likeness (QED) is 0.874. The van der Waals surface area contributed by atoms with Gasteiger partial charge in [0.25, 0.3) is 0 Å². The van der Waals surface area contributed by atoms with Crippen LogP contribution < -0.4 is 4.90 Å². The van der Waals surface area contributed by atoms with E-state index in [4.69, 9.17) is 5.11 Å². The van der Waals surface area contributed by atoms with Crippen molar-refractivity contribution >= 4 is 11.7 Å². The third kappa shape index (κ3) is 4.74. The summed E-state index contributed by atoms with van der Waals surface area (Å²) in [6.45, 7) is 8.85. The molecular formula is C17H26N2O2. The first-order valence-corrected chi connectivity index (χ1v) is 7.86. The van der Waals surface area contributed by atoms with Gasteiger partial charge >= 0.3 is 5.97 Å². The molecule has 0 amide bonds. The fourth-order valence-corrected chi connectivity index (χ4v) is 2.85. The van der Waals surface area contributed by atoms with Crippen molar-refractivity contribution < 1.29 is 9.90 Å². The second-order valence-electron chi connectivity index (χ2n) is 6.03. The number of benzene rings is 1. The minimum Gasteiger partial charge on any atom is -0.481 e. The van der Waals surface area contributed by atoms with Crippen molar-refractivity contribution in [1.29, 1.82) is 0 Å². The van der Waals surface area contributed by atoms with Gasteiger partial charge in [-0.2, -0.15) is 0 Å². The Bertz CT molecular complexity index is 466. The van der Waals surface area contributed by atoms with E-state index in [0.717, 1.165) is 32.6 Å². The molecule has 1 aromatic rings. The van der Waals surface area contributed by atoms with Gasteiger partial charge in [0.05, 0.1) is 0 Å². The number of rotatable bonds is 6. The van der Waals surface area contributed by atoms with Crippen LogP contribution in [0.2, 0.25) is 0 Å². The SMILES string of the molecule is CC(C)N1CCN(c2cccc(CCCC(=O)O)c2)CC1. The molecule has 0 unspecified atom stereocenters. The van der Waals surface area contributed by atoms with E-state index < -0.39 is 5.97 Å². The highest BCUT2D eigenvalue weighted by Crippen LogP contribution is 2.20. The summed E-state index contributed by atoms with van der Waals surface area (Å²) in [6.07, 6.45) is 1.79. The van der Waals surface area contributed by atoms with Crippen molar-refractivity contribution in [3.63, 3.8) is 0 Å². The molecule has 1 aliphatic rings. The minimum absolute atomic E-state index is 0.247. The smallest absolute Gasteiger partial charge is 0.303 e. The number of hydrogen-bond donors (Lipinski definition) is 1. The number of carboxylic acid groups (broad SMARTS) is 1. The highest BCUT2D eigenvalue weighted by atomic mass is 16.4. The van der Waals surface area contributed by atoms with E-state index in [1.165, 1.54) is 11.3 Å². The van der Waals surface area contributed by atoms with Crippen LogP contribution in [0, 0.1) is 0 Å². The molecule has 0 aliphatic carbocycles. The fraction of sp³-hybridized carbons (Fsp3) is 0.588. The van der Waals surface area contributed by atoms with Crippen LogP contribution in [0.15, 0.2) is 24.3 Å². The lowest BCUT2D eigenvalue weighted by molar-refractivity contribution is -0.137. The van der Waals surface area contributed by atoms with E-state index in [1.807, 2.05) is 0 Å². The van der Waals surface area contributed by atoms with E-state index in [-0.39, 0.29) is 6.42 Å². The van der Waals surface area contributed by atoms with E-state index in [1.54, 1.807) is 0 Å². The number of carboxylic acids is 1. The van der Waals surface area contributed by atoms with Gasteiger partial charge in [0.15, 0.2) is 0 Å². The molecule has 1 N–H and O–H groups in total. The standard InChI is InChI=1S/C17H26N2O2/c1-14(2)18-9-11-19(12-10-18)16-7-3-5-15(13-16)6-4-8-17(20)21/h3,5,7,13-14H,4,6,8-12H2,1-2H3,(H,20,21). The molecule has 0 radical (unpaired) electrons. The van der Waals surface area contributed by atoms with Crippen molar-refractivity contribution in [2.24, 2.45) is 0 Å². The number of aryl methyl sites for hydroxylation is 1. The van der Waals surface area contributed by atoms with Crippen LogP contribution in [0.4, 0.5) is 5.69 Å². The second kappa shape index (κ2) is 7.46. The van der Waals surface area contributed by atoms with Crippen LogP contribution in [-0.2, 0) is 11.2 Å². The van der Waals surface area contributed by atoms with E-state index in [0.29, 0.717) is 12.5 Å². The van der Waals surface area contributed by atoms with Crippen LogP contribution in [0.1, 0.15) is 32.3 Å². The third-order valence-electron chi connectivity index (χ3n) is 4.18. The Morgan fingerprint density at radius 2 is 1.95 bits per heavy atom. The van der Waals surface area contributed by atoms with E-state index in [2.05, 4.69) is 47.9 Å². The second-order valence-corrected chi connectivity index (χ2v) is 6.03. The predicted octanol–water partition coefficient (Wildman–Crippen LogP) is 2.62. The number of piperazine rings is 1. The largest absolute Gasteiger partial charge is 0.481 e. The van der Waals surface area contributed by atoms with E-state index in [9.17, 15) is 4.79 Å². The molecule has 4 heteroatoms. The summed E-state index contributed by atoms with van der Waals surface area (Å²) in [4.78, 5) is 15.5. The van der Waals surface area contributed by atoms with Gasteiger partial charge in [-0.1, -0.05) is 12.1 Å². The van der Waals surface area contributed by atoms with Crippen LogP contribution in [0.25, 0.3) is 0 Å². The van der Waals surface area contributed by atoms with Gasteiger partial charge in [0, 0.05) is 44.3 Å². The molecule has 1 saturated heterocycles. The minimum atomic E-state index is -0.712. The Morgan fingerprint density at radius 1 is 1.24 bits per heavy atom. The highest BCUT2D eigenvalue weighted by molar-refractivity contribution is 5.66. The maximum Gasteiger partial charge on any atom is 0.303 e. The maximum absolute atomic E-state index is 10.6. The van der Waals surface area contributed by atoms with Crippen LogP contribution in [0.3, 0.4) is 0 Å². The summed E-state index contributed by atoms with van der Waals surface area (Å²) in [5, 5.41) is 8.71. The third-order valence-corrected chi connectivity index (χ3v) is 4.18. The maximum atomic E-state index is 10.6. The first-order chi connectivity index (χ1) is 10.1. The molecule has 1 heterocycles. The zero-order valence-corrected chi connectivity index (χ0v) is 13.1. The van der Waals surface area contributed by atoms with Crippen LogP contribution in [0.5, 0.6) is 0 Å². The zero-order valence-electron chi connectivity index (χ0n) is 13.1. The zero-order chi connectivity index (χ0) is 15.2. The van der Waals surface area contributed by atoms with Gasteiger partial charge in [0.2, 0.25) is 0 Å². The van der Waals surface area contributed by atoms with E-state index >= 15 is 0 Å². The number of hydrogen-bond acceptors (Lipinski definition) is 3. The summed E-state index contributed by atoms with van der Waals surface area (Å²) in [6, 6.07) is 9.17. The van der Waals surface area contributed by atoms with Gasteiger partial charge in [-0.25, -0.2) is 0 Å². The summed E-state index contributed by atoms with van der Waals surface area (Å²) >= 11 is 0. The lowest BCUT2D eigenvalue weighted by Gasteiger charge is -2.38. The Morgan fingerprint density at radius 3 is 2.57 bits per heavy atom. The molecule has 0 aromatic heterocycles. The van der Waals surface area contributed by atoms with Gasteiger partial charge in [-0.05, 0) is 44.4 Å². The predicted molar refractivity (Wildman–Crippen MR) is 85.9 cm³/mol. The summed E-state index contributed by atoms with van der Waals surface area (Å²) in [5.74, 6) is -0.712. The van der Waals surface area contributed by atoms with Crippen molar-refractivity contribution in [1.82, 2.24) is 4.90 Å². The molecule has 0 atom stereocenters. The number of nitrogens with zero attached hydrogens (tertiary/aromatic N) is 2. The summed E-state index contributed by atoms with van der Waals surface area (Å²) < 4.78 is 0. The normalized spacial score (nSPS) is 16.4. The first-order valence-electron chi connectivity index (χ1n) is 7.86. The number of anilines is 1. The van der Waals surface area contributed by atoms with Crippen molar-refractivity contribution in [2.45, 2.75) is 39.2 Å². The monoisotopic (exact) mass is 290 g/mol. The van der Waals surface area contributed by atoms with Gasteiger partial charge in [-0.15, -0.1) is 0 Å². The lowest BCUT2D eigenvalue weighted by atomic mass is 10.1. The van der Waals surface area contributed by atoms with Crippen molar-refractivity contribution in [3.8, 4) is 0 Å². The van der Waals surface area contributed by atoms with Crippen LogP contribution in [-0.4, -0.2) is 48.2 Å². The lowest BCUT2D eigenvalue weighted by Crippen LogP contribution is -2.48. The molecule has 1 aromatic carbocycles. The molecule has 4 nitrogen and oxygen atoms in total. The number of carbonyl (C=O) groups is 1. The average Bonchev–Trinajstić information content (AvgIpc) is 2.47. The van der Waals surface area contributed by atoms with Gasteiger partial charge < -0.3 is 10.0 Å². The molecule has 1 fully saturated rings. The Kier molecular flexibility index (Phi) is 5.62. The molecule has 2 rings (SSSR count). The van der Waals surface area contributed by atoms with Crippen molar-refractivity contribution in [2.75, 3.05) is 31.1 Å². The molecule has 0 spiro atoms. The van der Waals surface area contributed by atoms with Gasteiger partial charge in [-0.3, -0.25) is 9.69 Å². The Hall–Kier alpha value is -1.55. The molecule has 1 aliphatic heterocycles. The molecular weight excluding hydrogens is 264 g/mol. The molecule has 21 heavy (non-hydrogen) atoms. The Balaban J connectivity index is 1.90. The Labute approximate surface area is 127 Å². The van der Waals surface area contributed by atoms with Crippen molar-refractivity contribution in [3.05, 3.63) is 29.8 Å². The number of aliphatic carboxylic acids is 1. The highest BCUT2D eigenvalue weighted by Gasteiger charge is 2.18. The average molecular weight is 290 g/mol. The van der Waals surface area contributed by atoms with Crippen LogP contribution >= 0.6 is 0 Å². The summed E-state index contributed by atoms with van der Waals surface area (Å²) in [7, 11) is 0. The molecule has 0 saturated carbocycles.